The third-order valence-corrected chi connectivity index (χ3v) is 6.86. The first-order valence-electron chi connectivity index (χ1n) is 13.7. The Hall–Kier alpha value is -6.28. The van der Waals surface area contributed by atoms with E-state index in [4.69, 9.17) is 11.5 Å². The molecule has 4 aromatic carbocycles. The predicted octanol–water partition coefficient (Wildman–Crippen LogP) is 7.03. The number of para-hydroxylation sites is 4. The van der Waals surface area contributed by atoms with Gasteiger partial charge in [0.15, 0.2) is 11.6 Å². The van der Waals surface area contributed by atoms with Gasteiger partial charge in [0.2, 0.25) is 0 Å². The summed E-state index contributed by atoms with van der Waals surface area (Å²) in [5.74, 6) is -0.241. The van der Waals surface area contributed by atoms with Crippen molar-refractivity contribution in [3.8, 4) is 0 Å². The van der Waals surface area contributed by atoms with E-state index in [0.717, 1.165) is 45.0 Å². The van der Waals surface area contributed by atoms with Gasteiger partial charge in [-0.2, -0.15) is 0 Å². The van der Waals surface area contributed by atoms with Gasteiger partial charge >= 0.3 is 12.1 Å². The number of anilines is 4. The summed E-state index contributed by atoms with van der Waals surface area (Å²) in [4.78, 5) is 47.2. The Morgan fingerprint density at radius 3 is 0.841 bits per heavy atom. The summed E-state index contributed by atoms with van der Waals surface area (Å²) in [5, 5.41) is 0. The van der Waals surface area contributed by atoms with E-state index < -0.39 is 12.1 Å². The lowest BCUT2D eigenvalue weighted by Gasteiger charge is -2.22. The van der Waals surface area contributed by atoms with Crippen LogP contribution in [-0.4, -0.2) is 23.6 Å². The van der Waals surface area contributed by atoms with E-state index in [2.05, 4.69) is 0 Å². The number of urea groups is 2. The first kappa shape index (κ1) is 29.2. The van der Waals surface area contributed by atoms with Gasteiger partial charge in [0, 0.05) is 0 Å². The van der Waals surface area contributed by atoms with Gasteiger partial charge < -0.3 is 11.5 Å². The maximum atomic E-state index is 11.8. The quantitative estimate of drug-likeness (QED) is 0.217. The van der Waals surface area contributed by atoms with E-state index in [0.29, 0.717) is 0 Å². The lowest BCUT2D eigenvalue weighted by molar-refractivity contribution is -0.113. The van der Waals surface area contributed by atoms with Crippen molar-refractivity contribution < 1.29 is 19.2 Å². The minimum atomic E-state index is -0.474. The monoisotopic (exact) mass is 580 g/mol. The molecular weight excluding hydrogens is 552 g/mol. The van der Waals surface area contributed by atoms with Gasteiger partial charge in [-0.1, -0.05) is 97.1 Å². The number of rotatable bonds is 0. The van der Waals surface area contributed by atoms with Crippen molar-refractivity contribution in [3.05, 3.63) is 144 Å². The Labute approximate surface area is 254 Å². The second-order valence-electron chi connectivity index (χ2n) is 9.72. The van der Waals surface area contributed by atoms with Crippen molar-refractivity contribution in [3.63, 3.8) is 0 Å². The summed E-state index contributed by atoms with van der Waals surface area (Å²) in [7, 11) is 0. The first-order valence-corrected chi connectivity index (χ1v) is 13.7. The van der Waals surface area contributed by atoms with Gasteiger partial charge in [-0.05, 0) is 70.8 Å². The van der Waals surface area contributed by atoms with Gasteiger partial charge in [0.05, 0.1) is 22.7 Å². The van der Waals surface area contributed by atoms with Crippen LogP contribution >= 0.6 is 0 Å². The molecule has 8 nitrogen and oxygen atoms in total. The van der Waals surface area contributed by atoms with Crippen molar-refractivity contribution in [1.29, 1.82) is 0 Å². The zero-order valence-corrected chi connectivity index (χ0v) is 23.5. The molecule has 0 fully saturated rings. The third kappa shape index (κ3) is 6.45. The predicted molar refractivity (Wildman–Crippen MR) is 175 cm³/mol. The molecule has 44 heavy (non-hydrogen) atoms. The van der Waals surface area contributed by atoms with Crippen molar-refractivity contribution in [1.82, 2.24) is 0 Å². The molecule has 0 aromatic heterocycles. The number of carbonyl (C=O) groups excluding carboxylic acids is 4. The lowest BCUT2D eigenvalue weighted by Crippen LogP contribution is -2.32. The SMILES string of the molecule is NC(=O)N1c2ccccc2C=Cc2ccccc21.NC(=O)N1c2ccccc2C=Cc2ccccc21.O=C1C=CC(=O)C=C1. The highest BCUT2D eigenvalue weighted by molar-refractivity contribution is 6.14. The van der Waals surface area contributed by atoms with E-state index in [-0.39, 0.29) is 11.6 Å². The number of benzene rings is 4. The molecule has 216 valence electrons. The number of fused-ring (bicyclic) bond motifs is 4. The molecule has 0 unspecified atom stereocenters. The summed E-state index contributed by atoms with van der Waals surface area (Å²) in [6.45, 7) is 0. The maximum absolute atomic E-state index is 11.8. The minimum Gasteiger partial charge on any atom is -0.351 e. The lowest BCUT2D eigenvalue weighted by atomic mass is 10.1. The van der Waals surface area contributed by atoms with Crippen molar-refractivity contribution in [2.75, 3.05) is 9.80 Å². The van der Waals surface area contributed by atoms with Crippen LogP contribution in [0.2, 0.25) is 0 Å². The third-order valence-electron chi connectivity index (χ3n) is 6.86. The standard InChI is InChI=1S/2C15H12N2O.C6H4O2/c2*16-15(18)17-13-7-3-1-5-11(13)9-10-12-6-2-4-8-14(12)17;7-5-1-2-6(8)4-3-5/h2*1-10H,(H2,16,18);1-4H. The van der Waals surface area contributed by atoms with Crippen LogP contribution in [0.3, 0.4) is 0 Å². The van der Waals surface area contributed by atoms with Crippen molar-refractivity contribution in [2.45, 2.75) is 0 Å². The summed E-state index contributed by atoms with van der Waals surface area (Å²) in [6.07, 6.45) is 13.0. The van der Waals surface area contributed by atoms with E-state index in [1.54, 1.807) is 9.80 Å². The van der Waals surface area contributed by atoms with Gasteiger partial charge in [-0.3, -0.25) is 19.4 Å². The van der Waals surface area contributed by atoms with E-state index in [1.165, 1.54) is 24.3 Å². The number of ketones is 2. The fourth-order valence-corrected chi connectivity index (χ4v) is 4.86. The topological polar surface area (TPSA) is 127 Å². The molecule has 3 aliphatic rings. The molecule has 0 bridgehead atoms. The summed E-state index contributed by atoms with van der Waals surface area (Å²) < 4.78 is 0. The molecule has 0 radical (unpaired) electrons. The largest absolute Gasteiger partial charge is 0.351 e. The van der Waals surface area contributed by atoms with Crippen LogP contribution in [0.1, 0.15) is 22.3 Å². The van der Waals surface area contributed by atoms with Crippen LogP contribution in [0.15, 0.2) is 121 Å². The molecule has 0 saturated carbocycles. The van der Waals surface area contributed by atoms with Gasteiger partial charge in [0.1, 0.15) is 0 Å². The van der Waals surface area contributed by atoms with Crippen molar-refractivity contribution in [2.24, 2.45) is 11.5 Å². The molecule has 7 rings (SSSR count). The Kier molecular flexibility index (Phi) is 8.72. The van der Waals surface area contributed by atoms with Crippen LogP contribution in [-0.2, 0) is 9.59 Å². The van der Waals surface area contributed by atoms with Crippen LogP contribution in [0.4, 0.5) is 32.3 Å². The zero-order valence-electron chi connectivity index (χ0n) is 23.5. The van der Waals surface area contributed by atoms with Crippen molar-refractivity contribution >= 4 is 70.7 Å². The fourth-order valence-electron chi connectivity index (χ4n) is 4.86. The normalized spacial score (nSPS) is 13.5. The number of nitrogens with zero attached hydrogens (tertiary/aromatic N) is 2. The molecule has 4 amide bonds. The maximum Gasteiger partial charge on any atom is 0.323 e. The number of carbonyl (C=O) groups is 4. The van der Waals surface area contributed by atoms with Gasteiger partial charge in [0.25, 0.3) is 0 Å². The fraction of sp³-hybridized carbons (Fsp3) is 0. The van der Waals surface area contributed by atoms with Crippen LogP contribution < -0.4 is 21.3 Å². The number of hydrogen-bond acceptors (Lipinski definition) is 4. The second kappa shape index (κ2) is 13.1. The molecule has 0 saturated heterocycles. The summed E-state index contributed by atoms with van der Waals surface area (Å²) in [6, 6.07) is 29.9. The molecule has 4 aromatic rings. The molecule has 2 aliphatic heterocycles. The second-order valence-corrected chi connectivity index (χ2v) is 9.72. The number of amides is 4. The highest BCUT2D eigenvalue weighted by Crippen LogP contribution is 2.37. The molecule has 0 atom stereocenters. The Morgan fingerprint density at radius 1 is 0.386 bits per heavy atom. The molecule has 8 heteroatoms. The Balaban J connectivity index is 0.000000141. The number of nitrogens with two attached hydrogens (primary N) is 2. The molecule has 0 spiro atoms. The van der Waals surface area contributed by atoms with Crippen LogP contribution in [0, 0.1) is 0 Å². The van der Waals surface area contributed by atoms with E-state index >= 15 is 0 Å². The average Bonchev–Trinajstić information content (AvgIpc) is 3.31. The number of hydrogen-bond donors (Lipinski definition) is 2. The highest BCUT2D eigenvalue weighted by Gasteiger charge is 2.22. The summed E-state index contributed by atoms with van der Waals surface area (Å²) in [5.41, 5.74) is 18.2. The van der Waals surface area contributed by atoms with Gasteiger partial charge in [-0.25, -0.2) is 9.59 Å². The molecule has 4 N–H and O–H groups in total. The molecule has 2 heterocycles. The number of primary amides is 2. The molecule has 1 aliphatic carbocycles. The Morgan fingerprint density at radius 2 is 0.614 bits per heavy atom. The van der Waals surface area contributed by atoms with E-state index in [9.17, 15) is 19.2 Å². The first-order chi connectivity index (χ1) is 21.3. The number of allylic oxidation sites excluding steroid dienone is 4. The van der Waals surface area contributed by atoms with Crippen LogP contribution in [0.25, 0.3) is 24.3 Å². The molecular formula is C36H28N4O4. The van der Waals surface area contributed by atoms with Crippen LogP contribution in [0.5, 0.6) is 0 Å². The zero-order chi connectivity index (χ0) is 31.1. The minimum absolute atomic E-state index is 0.121. The van der Waals surface area contributed by atoms with E-state index in [1.807, 2.05) is 121 Å². The average molecular weight is 581 g/mol. The highest BCUT2D eigenvalue weighted by atomic mass is 16.2. The summed E-state index contributed by atoms with van der Waals surface area (Å²) >= 11 is 0. The smallest absolute Gasteiger partial charge is 0.323 e. The van der Waals surface area contributed by atoms with Gasteiger partial charge in [-0.15, -0.1) is 0 Å². The Bertz CT molecular complexity index is 1630.